The Balaban J connectivity index is 1.27. The van der Waals surface area contributed by atoms with E-state index in [2.05, 4.69) is 69.1 Å². The molecule has 2 heterocycles. The third-order valence-electron chi connectivity index (χ3n) is 6.08. The molecule has 36 heavy (non-hydrogen) atoms. The fourth-order valence-electron chi connectivity index (χ4n) is 4.16. The molecule has 182 valence electrons. The summed E-state index contributed by atoms with van der Waals surface area (Å²) in [6.45, 7) is 2.72. The van der Waals surface area contributed by atoms with Crippen molar-refractivity contribution in [2.75, 3.05) is 0 Å². The van der Waals surface area contributed by atoms with Gasteiger partial charge in [-0.2, -0.15) is 5.10 Å². The molecule has 0 fully saturated rings. The van der Waals surface area contributed by atoms with E-state index in [-0.39, 0.29) is 6.10 Å². The molecule has 4 aromatic rings. The van der Waals surface area contributed by atoms with E-state index in [1.807, 2.05) is 31.2 Å². The molecular weight excluding hydrogens is 491 g/mol. The average molecular weight is 517 g/mol. The van der Waals surface area contributed by atoms with E-state index in [0.29, 0.717) is 21.4 Å². The molecule has 1 unspecified atom stereocenters. The molecular formula is C29H26Cl2N4O. The van der Waals surface area contributed by atoms with Crippen LogP contribution in [0.4, 0.5) is 0 Å². The van der Waals surface area contributed by atoms with E-state index >= 15 is 0 Å². The van der Waals surface area contributed by atoms with Gasteiger partial charge in [-0.1, -0.05) is 65.7 Å². The van der Waals surface area contributed by atoms with Gasteiger partial charge >= 0.3 is 0 Å². The predicted octanol–water partition coefficient (Wildman–Crippen LogP) is 7.90. The number of fused-ring (bicyclic) bond motifs is 1. The number of pyridine rings is 1. The summed E-state index contributed by atoms with van der Waals surface area (Å²) in [5.41, 5.74) is 6.02. The summed E-state index contributed by atoms with van der Waals surface area (Å²) in [5, 5.41) is 13.0. The maximum absolute atomic E-state index is 6.30. The number of nitrogens with one attached hydrogen (secondary N) is 2. The minimum atomic E-state index is -0.338. The Morgan fingerprint density at radius 2 is 1.86 bits per heavy atom. The van der Waals surface area contributed by atoms with Crippen molar-refractivity contribution in [3.63, 3.8) is 0 Å². The number of aromatic nitrogens is 3. The van der Waals surface area contributed by atoms with Crippen LogP contribution in [0, 0.1) is 0 Å². The van der Waals surface area contributed by atoms with Gasteiger partial charge < -0.3 is 10.1 Å². The number of ether oxygens (including phenoxy) is 1. The molecule has 0 amide bonds. The van der Waals surface area contributed by atoms with Crippen molar-refractivity contribution in [3.05, 3.63) is 111 Å². The van der Waals surface area contributed by atoms with Gasteiger partial charge in [-0.3, -0.25) is 10.1 Å². The van der Waals surface area contributed by atoms with Crippen molar-refractivity contribution >= 4 is 46.3 Å². The Hall–Kier alpha value is -3.54. The van der Waals surface area contributed by atoms with Gasteiger partial charge in [0.25, 0.3) is 0 Å². The Morgan fingerprint density at radius 1 is 1.06 bits per heavy atom. The molecule has 1 atom stereocenters. The summed E-state index contributed by atoms with van der Waals surface area (Å²) < 4.78 is 6.16. The van der Waals surface area contributed by atoms with Crippen molar-refractivity contribution in [1.29, 1.82) is 0 Å². The monoisotopic (exact) mass is 516 g/mol. The number of halogens is 2. The first-order chi connectivity index (χ1) is 17.6. The molecule has 1 aliphatic rings. The highest BCUT2D eigenvalue weighted by Gasteiger charge is 2.16. The molecule has 0 aliphatic heterocycles. The van der Waals surface area contributed by atoms with Crippen LogP contribution in [-0.4, -0.2) is 15.2 Å². The zero-order chi connectivity index (χ0) is 24.9. The van der Waals surface area contributed by atoms with Crippen molar-refractivity contribution in [1.82, 2.24) is 20.5 Å². The van der Waals surface area contributed by atoms with E-state index in [1.165, 1.54) is 11.3 Å². The zero-order valence-electron chi connectivity index (χ0n) is 19.8. The van der Waals surface area contributed by atoms with Gasteiger partial charge in [-0.15, -0.1) is 0 Å². The van der Waals surface area contributed by atoms with Crippen molar-refractivity contribution in [2.45, 2.75) is 32.4 Å². The molecule has 2 aromatic heterocycles. The Bertz CT molecular complexity index is 1430. The van der Waals surface area contributed by atoms with Crippen molar-refractivity contribution in [2.24, 2.45) is 0 Å². The van der Waals surface area contributed by atoms with Crippen molar-refractivity contribution in [3.8, 4) is 5.75 Å². The highest BCUT2D eigenvalue weighted by molar-refractivity contribution is 6.35. The van der Waals surface area contributed by atoms with Gasteiger partial charge in [0, 0.05) is 35.6 Å². The SMILES string of the molecule is CC(Oc1ccc2[nH]nc(/C=C/c3ccc(CNC4=CCCC=C4)cc3)c2c1)c1c(Cl)cncc1Cl. The van der Waals surface area contributed by atoms with Gasteiger partial charge in [0.15, 0.2) is 0 Å². The van der Waals surface area contributed by atoms with Gasteiger partial charge in [-0.25, -0.2) is 0 Å². The second-order valence-electron chi connectivity index (χ2n) is 8.66. The average Bonchev–Trinajstić information content (AvgIpc) is 3.29. The van der Waals surface area contributed by atoms with Gasteiger partial charge in [0.1, 0.15) is 11.9 Å². The van der Waals surface area contributed by atoms with Crippen LogP contribution in [0.1, 0.15) is 48.3 Å². The zero-order valence-corrected chi connectivity index (χ0v) is 21.4. The quantitative estimate of drug-likeness (QED) is 0.249. The lowest BCUT2D eigenvalue weighted by molar-refractivity contribution is 0.227. The topological polar surface area (TPSA) is 62.8 Å². The van der Waals surface area contributed by atoms with Gasteiger partial charge in [0.2, 0.25) is 0 Å². The minimum absolute atomic E-state index is 0.338. The van der Waals surface area contributed by atoms with Crippen LogP contribution in [0.15, 0.2) is 78.8 Å². The highest BCUT2D eigenvalue weighted by atomic mass is 35.5. The molecule has 0 radical (unpaired) electrons. The summed E-state index contributed by atoms with van der Waals surface area (Å²) in [6.07, 6.45) is 15.7. The number of hydrogen-bond donors (Lipinski definition) is 2. The predicted molar refractivity (Wildman–Crippen MR) is 148 cm³/mol. The van der Waals surface area contributed by atoms with Crippen molar-refractivity contribution < 1.29 is 4.74 Å². The smallest absolute Gasteiger partial charge is 0.124 e. The number of nitrogens with zero attached hydrogens (tertiary/aromatic N) is 2. The molecule has 0 saturated carbocycles. The third kappa shape index (κ3) is 5.64. The van der Waals surface area contributed by atoms with E-state index in [1.54, 1.807) is 12.4 Å². The lowest BCUT2D eigenvalue weighted by atomic mass is 10.1. The number of rotatable bonds is 8. The maximum atomic E-state index is 6.30. The summed E-state index contributed by atoms with van der Waals surface area (Å²) in [6, 6.07) is 14.4. The third-order valence-corrected chi connectivity index (χ3v) is 6.68. The van der Waals surface area contributed by atoms with Crippen LogP contribution in [-0.2, 0) is 6.54 Å². The number of aromatic amines is 1. The van der Waals surface area contributed by atoms with Gasteiger partial charge in [0.05, 0.1) is 21.3 Å². The second-order valence-corrected chi connectivity index (χ2v) is 9.48. The van der Waals surface area contributed by atoms with Crippen LogP contribution in [0.2, 0.25) is 10.0 Å². The molecule has 2 aromatic carbocycles. The van der Waals surface area contributed by atoms with Crippen LogP contribution < -0.4 is 10.1 Å². The molecule has 5 rings (SSSR count). The first-order valence-corrected chi connectivity index (χ1v) is 12.6. The fraction of sp³-hybridized carbons (Fsp3) is 0.172. The van der Waals surface area contributed by atoms with Crippen LogP contribution >= 0.6 is 23.2 Å². The summed E-state index contributed by atoms with van der Waals surface area (Å²) >= 11 is 12.6. The molecule has 2 N–H and O–H groups in total. The largest absolute Gasteiger partial charge is 0.486 e. The number of hydrogen-bond acceptors (Lipinski definition) is 4. The Labute approximate surface area is 220 Å². The van der Waals surface area contributed by atoms with E-state index < -0.39 is 0 Å². The maximum Gasteiger partial charge on any atom is 0.124 e. The van der Waals surface area contributed by atoms with Crippen LogP contribution in [0.5, 0.6) is 5.75 Å². The fourth-order valence-corrected chi connectivity index (χ4v) is 4.83. The molecule has 5 nitrogen and oxygen atoms in total. The van der Waals surface area contributed by atoms with Gasteiger partial charge in [-0.05, 0) is 61.2 Å². The molecule has 7 heteroatoms. The molecule has 0 saturated heterocycles. The number of allylic oxidation sites excluding steroid dienone is 3. The van der Waals surface area contributed by atoms with Crippen LogP contribution in [0.3, 0.4) is 0 Å². The normalized spacial score (nSPS) is 14.2. The summed E-state index contributed by atoms with van der Waals surface area (Å²) in [4.78, 5) is 4.01. The number of benzene rings is 2. The molecule has 1 aliphatic carbocycles. The van der Waals surface area contributed by atoms with E-state index in [0.717, 1.165) is 41.5 Å². The molecule has 0 spiro atoms. The standard InChI is InChI=1S/C29H26Cl2N4O/c1-19(29-25(30)17-32-18-26(29)31)36-23-12-14-28-24(15-23)27(34-35-28)13-11-20-7-9-21(10-8-20)16-33-22-5-3-2-4-6-22/h3,5-15,17-19,33H,2,4,16H2,1H3,(H,34,35)/b13-11+. The van der Waals surface area contributed by atoms with E-state index in [4.69, 9.17) is 27.9 Å². The van der Waals surface area contributed by atoms with E-state index in [9.17, 15) is 0 Å². The number of H-pyrrole nitrogens is 1. The second kappa shape index (κ2) is 11.0. The summed E-state index contributed by atoms with van der Waals surface area (Å²) in [7, 11) is 0. The Kier molecular flexibility index (Phi) is 7.40. The summed E-state index contributed by atoms with van der Waals surface area (Å²) in [5.74, 6) is 0.703. The lowest BCUT2D eigenvalue weighted by Gasteiger charge is -2.17. The lowest BCUT2D eigenvalue weighted by Crippen LogP contribution is -2.12. The van der Waals surface area contributed by atoms with Crippen LogP contribution in [0.25, 0.3) is 23.1 Å². The minimum Gasteiger partial charge on any atom is -0.486 e. The Morgan fingerprint density at radius 3 is 2.61 bits per heavy atom. The first kappa shape index (κ1) is 24.2. The highest BCUT2D eigenvalue weighted by Crippen LogP contribution is 2.33. The first-order valence-electron chi connectivity index (χ1n) is 11.9. The molecule has 0 bridgehead atoms.